The molecule has 0 N–H and O–H groups in total. The van der Waals surface area contributed by atoms with Crippen LogP contribution in [0.3, 0.4) is 0 Å². The molecule has 0 saturated carbocycles. The number of carbonyl (C=O) groups excluding carboxylic acids is 1. The van der Waals surface area contributed by atoms with Crippen LogP contribution >= 0.6 is 0 Å². The van der Waals surface area contributed by atoms with Crippen molar-refractivity contribution >= 4 is 5.91 Å². The monoisotopic (exact) mass is 506 g/mol. The number of hydrogen-bond acceptors (Lipinski definition) is 3. The predicted octanol–water partition coefficient (Wildman–Crippen LogP) is 6.36. The molecule has 4 rings (SSSR count). The maximum atomic E-state index is 13.8. The first-order valence-electron chi connectivity index (χ1n) is 12.6. The van der Waals surface area contributed by atoms with E-state index in [0.29, 0.717) is 25.5 Å². The van der Waals surface area contributed by atoms with Crippen LogP contribution in [-0.4, -0.2) is 66.4 Å². The number of benzene rings is 2. The molecule has 2 aliphatic heterocycles. The second-order valence-electron chi connectivity index (χ2n) is 10.5. The van der Waals surface area contributed by atoms with E-state index in [-0.39, 0.29) is 18.5 Å². The van der Waals surface area contributed by atoms with Crippen molar-refractivity contribution in [3.8, 4) is 16.9 Å². The SMILES string of the molecule is CC(C)(F)CN1CCC(COc2ccc(-c3ccc(C(=O)N4CCCC4C(F)(F)F)cc3)cc2)CC1. The summed E-state index contributed by atoms with van der Waals surface area (Å²) < 4.78 is 59.5. The quantitative estimate of drug-likeness (QED) is 0.410. The van der Waals surface area contributed by atoms with Crippen LogP contribution in [0.5, 0.6) is 5.75 Å². The topological polar surface area (TPSA) is 32.8 Å². The van der Waals surface area contributed by atoms with Crippen molar-refractivity contribution in [1.29, 1.82) is 0 Å². The third-order valence-electron chi connectivity index (χ3n) is 7.00. The van der Waals surface area contributed by atoms with Gasteiger partial charge in [-0.15, -0.1) is 0 Å². The average molecular weight is 507 g/mol. The van der Waals surface area contributed by atoms with Crippen LogP contribution in [0.25, 0.3) is 11.1 Å². The number of nitrogens with zero attached hydrogens (tertiary/aromatic N) is 2. The van der Waals surface area contributed by atoms with Crippen molar-refractivity contribution in [3.63, 3.8) is 0 Å². The molecule has 196 valence electrons. The van der Waals surface area contributed by atoms with Crippen LogP contribution in [0.15, 0.2) is 48.5 Å². The molecule has 2 heterocycles. The van der Waals surface area contributed by atoms with Crippen LogP contribution in [0, 0.1) is 5.92 Å². The second-order valence-corrected chi connectivity index (χ2v) is 10.5. The summed E-state index contributed by atoms with van der Waals surface area (Å²) in [6.45, 7) is 6.20. The Balaban J connectivity index is 1.29. The van der Waals surface area contributed by atoms with Gasteiger partial charge in [-0.25, -0.2) is 4.39 Å². The number of hydrogen-bond donors (Lipinski definition) is 0. The molecule has 2 aromatic carbocycles. The highest BCUT2D eigenvalue weighted by atomic mass is 19.4. The Morgan fingerprint density at radius 1 is 0.889 bits per heavy atom. The first-order valence-corrected chi connectivity index (χ1v) is 12.6. The van der Waals surface area contributed by atoms with Gasteiger partial charge in [0, 0.05) is 18.7 Å². The Morgan fingerprint density at radius 2 is 1.47 bits per heavy atom. The zero-order valence-electron chi connectivity index (χ0n) is 20.9. The summed E-state index contributed by atoms with van der Waals surface area (Å²) in [7, 11) is 0. The molecule has 0 radical (unpaired) electrons. The highest BCUT2D eigenvalue weighted by molar-refractivity contribution is 5.95. The van der Waals surface area contributed by atoms with Gasteiger partial charge in [-0.2, -0.15) is 13.2 Å². The summed E-state index contributed by atoms with van der Waals surface area (Å²) >= 11 is 0. The largest absolute Gasteiger partial charge is 0.493 e. The molecule has 1 atom stereocenters. The number of carbonyl (C=O) groups is 1. The van der Waals surface area contributed by atoms with Crippen LogP contribution in [0.4, 0.5) is 17.6 Å². The summed E-state index contributed by atoms with van der Waals surface area (Å²) in [5, 5.41) is 0. The fourth-order valence-electron chi connectivity index (χ4n) is 5.12. The molecule has 2 aliphatic rings. The Labute approximate surface area is 210 Å². The molecule has 0 spiro atoms. The maximum absolute atomic E-state index is 13.8. The van der Waals surface area contributed by atoms with Gasteiger partial charge in [0.15, 0.2) is 0 Å². The second kappa shape index (κ2) is 10.8. The molecule has 4 nitrogen and oxygen atoms in total. The lowest BCUT2D eigenvalue weighted by Gasteiger charge is -2.34. The summed E-state index contributed by atoms with van der Waals surface area (Å²) in [5.74, 6) is 0.635. The number of piperidine rings is 1. The Morgan fingerprint density at radius 3 is 2.03 bits per heavy atom. The predicted molar refractivity (Wildman–Crippen MR) is 132 cm³/mol. The van der Waals surface area contributed by atoms with Crippen LogP contribution < -0.4 is 4.74 Å². The van der Waals surface area contributed by atoms with Crippen molar-refractivity contribution < 1.29 is 27.1 Å². The molecule has 1 amide bonds. The van der Waals surface area contributed by atoms with Crippen molar-refractivity contribution in [2.24, 2.45) is 5.92 Å². The maximum Gasteiger partial charge on any atom is 0.408 e. The van der Waals surface area contributed by atoms with E-state index < -0.39 is 23.8 Å². The van der Waals surface area contributed by atoms with E-state index >= 15 is 0 Å². The van der Waals surface area contributed by atoms with Crippen LogP contribution in [0.2, 0.25) is 0 Å². The average Bonchev–Trinajstić information content (AvgIpc) is 3.34. The molecule has 2 saturated heterocycles. The lowest BCUT2D eigenvalue weighted by Crippen LogP contribution is -2.44. The van der Waals surface area contributed by atoms with E-state index in [9.17, 15) is 22.4 Å². The van der Waals surface area contributed by atoms with E-state index in [2.05, 4.69) is 4.90 Å². The molecule has 36 heavy (non-hydrogen) atoms. The number of rotatable bonds is 7. The highest BCUT2D eigenvalue weighted by Gasteiger charge is 2.47. The molecule has 2 fully saturated rings. The molecule has 2 aromatic rings. The number of halogens is 4. The molecule has 0 aromatic heterocycles. The van der Waals surface area contributed by atoms with E-state index in [1.54, 1.807) is 38.1 Å². The van der Waals surface area contributed by atoms with E-state index in [0.717, 1.165) is 47.7 Å². The number of ether oxygens (including phenoxy) is 1. The minimum absolute atomic E-state index is 0.0432. The van der Waals surface area contributed by atoms with Gasteiger partial charge in [0.25, 0.3) is 5.91 Å². The fourth-order valence-corrected chi connectivity index (χ4v) is 5.12. The molecule has 0 bridgehead atoms. The number of alkyl halides is 4. The molecule has 1 unspecified atom stereocenters. The van der Waals surface area contributed by atoms with Gasteiger partial charge in [-0.3, -0.25) is 4.79 Å². The molecular formula is C28H34F4N2O2. The van der Waals surface area contributed by atoms with Gasteiger partial charge >= 0.3 is 6.18 Å². The normalized spacial score (nSPS) is 20.1. The molecular weight excluding hydrogens is 472 g/mol. The van der Waals surface area contributed by atoms with Crippen molar-refractivity contribution in [2.45, 2.75) is 57.4 Å². The minimum atomic E-state index is -4.40. The summed E-state index contributed by atoms with van der Waals surface area (Å²) in [4.78, 5) is 15.8. The van der Waals surface area contributed by atoms with Crippen molar-refractivity contribution in [3.05, 3.63) is 54.1 Å². The smallest absolute Gasteiger partial charge is 0.408 e. The van der Waals surface area contributed by atoms with Crippen LogP contribution in [-0.2, 0) is 0 Å². The zero-order chi connectivity index (χ0) is 25.9. The number of likely N-dealkylation sites (tertiary alicyclic amines) is 2. The van der Waals surface area contributed by atoms with Gasteiger partial charge in [0.1, 0.15) is 17.5 Å². The third-order valence-corrected chi connectivity index (χ3v) is 7.00. The fraction of sp³-hybridized carbons (Fsp3) is 0.536. The Hall–Kier alpha value is -2.61. The minimum Gasteiger partial charge on any atom is -0.493 e. The lowest BCUT2D eigenvalue weighted by molar-refractivity contribution is -0.169. The van der Waals surface area contributed by atoms with Crippen molar-refractivity contribution in [2.75, 3.05) is 32.8 Å². The van der Waals surface area contributed by atoms with Gasteiger partial charge in [0.2, 0.25) is 0 Å². The zero-order valence-corrected chi connectivity index (χ0v) is 20.9. The summed E-state index contributed by atoms with van der Waals surface area (Å²) in [6.07, 6.45) is -2.11. The lowest BCUT2D eigenvalue weighted by atomic mass is 9.97. The van der Waals surface area contributed by atoms with E-state index in [1.807, 2.05) is 24.3 Å². The van der Waals surface area contributed by atoms with Gasteiger partial charge in [-0.1, -0.05) is 24.3 Å². The van der Waals surface area contributed by atoms with Gasteiger partial charge in [-0.05, 0) is 93.9 Å². The van der Waals surface area contributed by atoms with Gasteiger partial charge in [0.05, 0.1) is 6.61 Å². The van der Waals surface area contributed by atoms with Gasteiger partial charge < -0.3 is 14.5 Å². The highest BCUT2D eigenvalue weighted by Crippen LogP contribution is 2.34. The first-order chi connectivity index (χ1) is 17.0. The van der Waals surface area contributed by atoms with E-state index in [4.69, 9.17) is 4.74 Å². The number of amides is 1. The first kappa shape index (κ1) is 26.5. The Kier molecular flexibility index (Phi) is 7.93. The third kappa shape index (κ3) is 6.78. The molecule has 8 heteroatoms. The summed E-state index contributed by atoms with van der Waals surface area (Å²) in [6, 6.07) is 12.6. The standard InChI is InChI=1S/C28H34F4N2O2/c1-27(2,29)19-33-16-13-20(14-17-33)18-36-24-11-9-22(10-12-24)21-5-7-23(8-6-21)26(35)34-15-3-4-25(34)28(30,31)32/h5-12,20,25H,3-4,13-19H2,1-2H3. The molecule has 0 aliphatic carbocycles. The summed E-state index contributed by atoms with van der Waals surface area (Å²) in [5.41, 5.74) is 0.884. The van der Waals surface area contributed by atoms with E-state index in [1.165, 1.54) is 0 Å². The van der Waals surface area contributed by atoms with Crippen molar-refractivity contribution in [1.82, 2.24) is 9.80 Å². The Bertz CT molecular complexity index is 1010. The van der Waals surface area contributed by atoms with Crippen LogP contribution in [0.1, 0.15) is 49.9 Å².